The van der Waals surface area contributed by atoms with Crippen molar-refractivity contribution in [2.24, 2.45) is 23.2 Å². The number of allylic oxidation sites excluding steroid dienone is 2. The molecule has 0 amide bonds. The van der Waals surface area contributed by atoms with Crippen molar-refractivity contribution in [1.29, 1.82) is 0 Å². The zero-order valence-electron chi connectivity index (χ0n) is 15.1. The van der Waals surface area contributed by atoms with E-state index in [0.717, 1.165) is 25.7 Å². The third kappa shape index (κ3) is 3.62. The number of rotatable bonds is 1. The van der Waals surface area contributed by atoms with E-state index in [1.54, 1.807) is 6.92 Å². The Hall–Kier alpha value is -0.120. The summed E-state index contributed by atoms with van der Waals surface area (Å²) in [6, 6.07) is 0. The van der Waals surface area contributed by atoms with Crippen LogP contribution in [0.25, 0.3) is 0 Å². The van der Waals surface area contributed by atoms with Gasteiger partial charge in [-0.2, -0.15) is 0 Å². The van der Waals surface area contributed by atoms with Gasteiger partial charge in [-0.05, 0) is 56.3 Å². The highest BCUT2D eigenvalue weighted by molar-refractivity contribution is 9.09. The number of aliphatic hydroxyl groups is 2. The molecule has 2 nitrogen and oxygen atoms in total. The van der Waals surface area contributed by atoms with Crippen LogP contribution in [0.5, 0.6) is 0 Å². The highest BCUT2D eigenvalue weighted by Crippen LogP contribution is 2.53. The molecule has 0 aromatic rings. The molecule has 0 spiro atoms. The molecule has 0 radical (unpaired) electrons. The Morgan fingerprint density at radius 1 is 1.35 bits per heavy atom. The van der Waals surface area contributed by atoms with Crippen LogP contribution in [-0.2, 0) is 0 Å². The van der Waals surface area contributed by atoms with Crippen molar-refractivity contribution in [2.45, 2.75) is 76.3 Å². The molecule has 132 valence electrons. The fourth-order valence-corrected chi connectivity index (χ4v) is 5.50. The Morgan fingerprint density at radius 2 is 2.00 bits per heavy atom. The second kappa shape index (κ2) is 7.01. The van der Waals surface area contributed by atoms with Crippen molar-refractivity contribution >= 4 is 15.9 Å². The van der Waals surface area contributed by atoms with E-state index < -0.39 is 11.7 Å². The Balaban J connectivity index is 2.36. The van der Waals surface area contributed by atoms with E-state index in [4.69, 9.17) is 0 Å². The molecule has 0 aromatic carbocycles. The van der Waals surface area contributed by atoms with Gasteiger partial charge in [0.2, 0.25) is 0 Å². The fraction of sp³-hybridized carbons (Fsp3) is 0.800. The first-order chi connectivity index (χ1) is 10.6. The first kappa shape index (κ1) is 19.2. The maximum atomic E-state index is 11.0. The van der Waals surface area contributed by atoms with Crippen molar-refractivity contribution < 1.29 is 10.2 Å². The van der Waals surface area contributed by atoms with Crippen LogP contribution >= 0.6 is 15.9 Å². The molecule has 2 aliphatic carbocycles. The monoisotopic (exact) mass is 384 g/mol. The molecule has 0 unspecified atom stereocenters. The molecular weight excluding hydrogens is 352 g/mol. The number of hydrogen-bond acceptors (Lipinski definition) is 2. The lowest BCUT2D eigenvalue weighted by molar-refractivity contribution is -0.149. The standard InChI is InChI=1S/C20H33BrO2/c1-13(2)15-8-6-7-9-16-19(4,11-10-14(15)3)17(21)12-18(22)20(16,5)23/h7,9,13,15-18,22-23H,3,6,8,10-12H2,1-2,4-5H3/b9-7+/t15-,16-,17-,18+,19-,20-/m0/s1. The summed E-state index contributed by atoms with van der Waals surface area (Å²) >= 11 is 3.81. The summed E-state index contributed by atoms with van der Waals surface area (Å²) < 4.78 is 0. The van der Waals surface area contributed by atoms with Gasteiger partial charge >= 0.3 is 0 Å². The Morgan fingerprint density at radius 3 is 2.61 bits per heavy atom. The number of aliphatic hydroxyl groups excluding tert-OH is 1. The molecule has 6 atom stereocenters. The van der Waals surface area contributed by atoms with E-state index in [9.17, 15) is 10.2 Å². The van der Waals surface area contributed by atoms with Gasteiger partial charge in [0.25, 0.3) is 0 Å². The average molecular weight is 385 g/mol. The van der Waals surface area contributed by atoms with E-state index >= 15 is 0 Å². The van der Waals surface area contributed by atoms with E-state index in [-0.39, 0.29) is 16.2 Å². The van der Waals surface area contributed by atoms with Crippen LogP contribution in [0.15, 0.2) is 24.3 Å². The Labute approximate surface area is 150 Å². The van der Waals surface area contributed by atoms with Crippen LogP contribution in [0.2, 0.25) is 0 Å². The number of hydrogen-bond donors (Lipinski definition) is 2. The van der Waals surface area contributed by atoms with Crippen LogP contribution in [0.1, 0.15) is 59.8 Å². The quantitative estimate of drug-likeness (QED) is 0.501. The van der Waals surface area contributed by atoms with E-state index in [1.807, 2.05) is 0 Å². The van der Waals surface area contributed by atoms with Gasteiger partial charge in [0.15, 0.2) is 0 Å². The molecule has 23 heavy (non-hydrogen) atoms. The van der Waals surface area contributed by atoms with Gasteiger partial charge in [-0.25, -0.2) is 0 Å². The van der Waals surface area contributed by atoms with Gasteiger partial charge in [0.05, 0.1) is 11.7 Å². The normalized spacial score (nSPS) is 47.2. The Kier molecular flexibility index (Phi) is 5.86. The molecular formula is C20H33BrO2. The second-order valence-corrected chi connectivity index (χ2v) is 9.55. The van der Waals surface area contributed by atoms with Crippen molar-refractivity contribution in [3.63, 3.8) is 0 Å². The first-order valence-corrected chi connectivity index (χ1v) is 9.91. The van der Waals surface area contributed by atoms with E-state index in [0.29, 0.717) is 18.3 Å². The molecule has 3 heteroatoms. The maximum Gasteiger partial charge on any atom is 0.0945 e. The molecule has 0 bridgehead atoms. The molecule has 2 rings (SSSR count). The maximum absolute atomic E-state index is 11.0. The summed E-state index contributed by atoms with van der Waals surface area (Å²) in [6.45, 7) is 13.0. The molecule has 0 aromatic heterocycles. The smallest absolute Gasteiger partial charge is 0.0945 e. The minimum atomic E-state index is -1.08. The summed E-state index contributed by atoms with van der Waals surface area (Å²) in [5.74, 6) is 1.14. The van der Waals surface area contributed by atoms with Gasteiger partial charge in [-0.3, -0.25) is 0 Å². The Bertz CT molecular complexity index is 468. The first-order valence-electron chi connectivity index (χ1n) is 8.99. The molecule has 1 fully saturated rings. The van der Waals surface area contributed by atoms with E-state index in [2.05, 4.69) is 55.4 Å². The topological polar surface area (TPSA) is 40.5 Å². The molecule has 1 saturated carbocycles. The lowest BCUT2D eigenvalue weighted by Crippen LogP contribution is -2.59. The molecule has 0 aliphatic heterocycles. The van der Waals surface area contributed by atoms with Gasteiger partial charge in [0.1, 0.15) is 0 Å². The summed E-state index contributed by atoms with van der Waals surface area (Å²) in [7, 11) is 0. The summed E-state index contributed by atoms with van der Waals surface area (Å²) in [4.78, 5) is 0.199. The van der Waals surface area contributed by atoms with Gasteiger partial charge in [-0.1, -0.05) is 61.0 Å². The van der Waals surface area contributed by atoms with Crippen molar-refractivity contribution in [1.82, 2.24) is 0 Å². The summed E-state index contributed by atoms with van der Waals surface area (Å²) in [5.41, 5.74) is 0.190. The SMILES string of the molecule is C=C1CC[C@@]2(C)[C@H](/C=C/CC[C@H]1C(C)C)[C@](C)(O)[C@H](O)C[C@@H]2Br. The average Bonchev–Trinajstić information content (AvgIpc) is 2.45. The zero-order chi connectivity index (χ0) is 17.4. The molecule has 2 aliphatic rings. The highest BCUT2D eigenvalue weighted by Gasteiger charge is 2.55. The van der Waals surface area contributed by atoms with Crippen molar-refractivity contribution in [3.8, 4) is 0 Å². The van der Waals surface area contributed by atoms with Crippen LogP contribution in [0.4, 0.5) is 0 Å². The van der Waals surface area contributed by atoms with Crippen LogP contribution < -0.4 is 0 Å². The largest absolute Gasteiger partial charge is 0.390 e. The lowest BCUT2D eigenvalue weighted by Gasteiger charge is -2.54. The minimum Gasteiger partial charge on any atom is -0.390 e. The van der Waals surface area contributed by atoms with Crippen LogP contribution in [0.3, 0.4) is 0 Å². The lowest BCUT2D eigenvalue weighted by atomic mass is 9.57. The summed E-state index contributed by atoms with van der Waals surface area (Å²) in [6.07, 6.45) is 8.40. The van der Waals surface area contributed by atoms with Crippen molar-refractivity contribution in [2.75, 3.05) is 0 Å². The van der Waals surface area contributed by atoms with Gasteiger partial charge in [-0.15, -0.1) is 0 Å². The fourth-order valence-electron chi connectivity index (χ4n) is 4.63. The van der Waals surface area contributed by atoms with Gasteiger partial charge < -0.3 is 10.2 Å². The van der Waals surface area contributed by atoms with E-state index in [1.165, 1.54) is 5.57 Å². The molecule has 0 saturated heterocycles. The predicted molar refractivity (Wildman–Crippen MR) is 101 cm³/mol. The number of halogens is 1. The third-order valence-corrected chi connectivity index (χ3v) is 7.87. The third-order valence-electron chi connectivity index (χ3n) is 6.45. The predicted octanol–water partition coefficient (Wildman–Crippen LogP) is 4.85. The molecule has 2 N–H and O–H groups in total. The summed E-state index contributed by atoms with van der Waals surface area (Å²) in [5, 5.41) is 21.3. The highest BCUT2D eigenvalue weighted by atomic mass is 79.9. The second-order valence-electron chi connectivity index (χ2n) is 8.44. The van der Waals surface area contributed by atoms with Crippen LogP contribution in [-0.4, -0.2) is 26.7 Å². The molecule has 0 heterocycles. The van der Waals surface area contributed by atoms with Crippen LogP contribution in [0, 0.1) is 23.2 Å². The number of alkyl halides is 1. The van der Waals surface area contributed by atoms with Crippen molar-refractivity contribution in [3.05, 3.63) is 24.3 Å². The zero-order valence-corrected chi connectivity index (χ0v) is 16.6. The van der Waals surface area contributed by atoms with Gasteiger partial charge in [0, 0.05) is 10.7 Å². The minimum absolute atomic E-state index is 0.0495. The number of fused-ring (bicyclic) bond motifs is 1.